The Morgan fingerprint density at radius 2 is 1.80 bits per heavy atom. The highest BCUT2D eigenvalue weighted by molar-refractivity contribution is 5.94. The number of hydrogen-bond donors (Lipinski definition) is 1. The van der Waals surface area contributed by atoms with E-state index in [2.05, 4.69) is 62.3 Å². The van der Waals surface area contributed by atoms with E-state index in [1.165, 1.54) is 16.3 Å². The number of pyridine rings is 1. The monoisotopic (exact) mass is 271 g/mol. The van der Waals surface area contributed by atoms with Crippen LogP contribution in [-0.4, -0.2) is 25.1 Å². The number of rotatable bonds is 5. The molecule has 0 saturated carbocycles. The smallest absolute Gasteiger partial charge is 0.136 e. The van der Waals surface area contributed by atoms with Crippen LogP contribution in [0.3, 0.4) is 0 Å². The van der Waals surface area contributed by atoms with Crippen LogP contribution in [0.5, 0.6) is 0 Å². The molecule has 0 radical (unpaired) electrons. The standard InChI is InChI=1S/C17H25N3/c1-12(2)13(3)20(5)17-16-9-7-6-8-15(16)14(10-18-4)11-19-17/h6-9,11-13,18H,10H2,1-5H3. The van der Waals surface area contributed by atoms with Gasteiger partial charge in [-0.1, -0.05) is 38.1 Å². The Labute approximate surface area is 122 Å². The molecule has 1 N–H and O–H groups in total. The lowest BCUT2D eigenvalue weighted by Crippen LogP contribution is -2.34. The Morgan fingerprint density at radius 1 is 1.15 bits per heavy atom. The number of nitrogens with zero attached hydrogens (tertiary/aromatic N) is 2. The van der Waals surface area contributed by atoms with Crippen LogP contribution in [0, 0.1) is 5.92 Å². The molecule has 1 heterocycles. The Bertz CT molecular complexity index is 577. The summed E-state index contributed by atoms with van der Waals surface area (Å²) in [7, 11) is 4.10. The first-order chi connectivity index (χ1) is 9.56. The summed E-state index contributed by atoms with van der Waals surface area (Å²) in [5, 5.41) is 5.73. The number of benzene rings is 1. The number of anilines is 1. The average molecular weight is 271 g/mol. The molecule has 20 heavy (non-hydrogen) atoms. The summed E-state index contributed by atoms with van der Waals surface area (Å²) in [6, 6.07) is 8.99. The van der Waals surface area contributed by atoms with E-state index in [0.717, 1.165) is 12.4 Å². The van der Waals surface area contributed by atoms with E-state index in [1.807, 2.05) is 13.2 Å². The Morgan fingerprint density at radius 3 is 2.40 bits per heavy atom. The maximum Gasteiger partial charge on any atom is 0.136 e. The van der Waals surface area contributed by atoms with Gasteiger partial charge in [0.25, 0.3) is 0 Å². The molecule has 0 aliphatic carbocycles. The first kappa shape index (κ1) is 14.8. The summed E-state index contributed by atoms with van der Waals surface area (Å²) in [6.45, 7) is 7.59. The van der Waals surface area contributed by atoms with E-state index in [0.29, 0.717) is 12.0 Å². The third kappa shape index (κ3) is 2.78. The van der Waals surface area contributed by atoms with Crippen molar-refractivity contribution in [2.75, 3.05) is 19.0 Å². The lowest BCUT2D eigenvalue weighted by molar-refractivity contribution is 0.503. The van der Waals surface area contributed by atoms with Gasteiger partial charge in [0.15, 0.2) is 0 Å². The van der Waals surface area contributed by atoms with Crippen molar-refractivity contribution in [2.24, 2.45) is 5.92 Å². The number of fused-ring (bicyclic) bond motifs is 1. The first-order valence-corrected chi connectivity index (χ1v) is 7.30. The highest BCUT2D eigenvalue weighted by Gasteiger charge is 2.17. The minimum Gasteiger partial charge on any atom is -0.356 e. The minimum absolute atomic E-state index is 0.459. The van der Waals surface area contributed by atoms with Crippen molar-refractivity contribution in [3.05, 3.63) is 36.0 Å². The molecule has 108 valence electrons. The summed E-state index contributed by atoms with van der Waals surface area (Å²) in [6.07, 6.45) is 2.00. The summed E-state index contributed by atoms with van der Waals surface area (Å²) in [5.74, 6) is 1.67. The number of nitrogens with one attached hydrogen (secondary N) is 1. The van der Waals surface area contributed by atoms with Crippen molar-refractivity contribution in [1.82, 2.24) is 10.3 Å². The summed E-state index contributed by atoms with van der Waals surface area (Å²) >= 11 is 0. The molecule has 2 aromatic rings. The fraction of sp³-hybridized carbons (Fsp3) is 0.471. The Hall–Kier alpha value is -1.61. The topological polar surface area (TPSA) is 28.2 Å². The van der Waals surface area contributed by atoms with E-state index < -0.39 is 0 Å². The van der Waals surface area contributed by atoms with Crippen molar-refractivity contribution in [1.29, 1.82) is 0 Å². The molecule has 0 saturated heterocycles. The quantitative estimate of drug-likeness (QED) is 0.903. The third-order valence-electron chi connectivity index (χ3n) is 4.13. The van der Waals surface area contributed by atoms with E-state index in [4.69, 9.17) is 4.98 Å². The fourth-order valence-corrected chi connectivity index (χ4v) is 2.49. The molecule has 0 spiro atoms. The predicted octanol–water partition coefficient (Wildman–Crippen LogP) is 3.43. The Kier molecular flexibility index (Phi) is 4.61. The fourth-order valence-electron chi connectivity index (χ4n) is 2.49. The minimum atomic E-state index is 0.459. The molecule has 0 aliphatic heterocycles. The second-order valence-electron chi connectivity index (χ2n) is 5.78. The zero-order valence-electron chi connectivity index (χ0n) is 13.1. The molecule has 0 amide bonds. The van der Waals surface area contributed by atoms with Crippen LogP contribution in [0.1, 0.15) is 26.3 Å². The maximum atomic E-state index is 4.71. The largest absolute Gasteiger partial charge is 0.356 e. The van der Waals surface area contributed by atoms with Gasteiger partial charge in [-0.15, -0.1) is 0 Å². The molecule has 1 aromatic heterocycles. The molecule has 0 fully saturated rings. The summed E-state index contributed by atoms with van der Waals surface area (Å²) in [5.41, 5.74) is 1.25. The molecule has 0 bridgehead atoms. The van der Waals surface area contributed by atoms with E-state index in [-0.39, 0.29) is 0 Å². The molecular formula is C17H25N3. The van der Waals surface area contributed by atoms with E-state index >= 15 is 0 Å². The van der Waals surface area contributed by atoms with Crippen LogP contribution >= 0.6 is 0 Å². The molecule has 1 unspecified atom stereocenters. The van der Waals surface area contributed by atoms with Gasteiger partial charge < -0.3 is 10.2 Å². The van der Waals surface area contributed by atoms with Gasteiger partial charge in [-0.05, 0) is 30.8 Å². The van der Waals surface area contributed by atoms with Crippen LogP contribution in [0.15, 0.2) is 30.5 Å². The summed E-state index contributed by atoms with van der Waals surface area (Å²) < 4.78 is 0. The molecule has 1 atom stereocenters. The van der Waals surface area contributed by atoms with Crippen LogP contribution in [0.2, 0.25) is 0 Å². The van der Waals surface area contributed by atoms with Gasteiger partial charge in [-0.2, -0.15) is 0 Å². The van der Waals surface area contributed by atoms with Gasteiger partial charge in [0, 0.05) is 31.2 Å². The van der Waals surface area contributed by atoms with Gasteiger partial charge in [0.2, 0.25) is 0 Å². The van der Waals surface area contributed by atoms with Gasteiger partial charge in [-0.25, -0.2) is 4.98 Å². The SMILES string of the molecule is CNCc1cnc(N(C)C(C)C(C)C)c2ccccc12. The van der Waals surface area contributed by atoms with Crippen LogP contribution in [-0.2, 0) is 6.54 Å². The zero-order valence-corrected chi connectivity index (χ0v) is 13.1. The molecule has 1 aromatic carbocycles. The van der Waals surface area contributed by atoms with Crippen LogP contribution in [0.25, 0.3) is 10.8 Å². The highest BCUT2D eigenvalue weighted by atomic mass is 15.2. The van der Waals surface area contributed by atoms with E-state index in [1.54, 1.807) is 0 Å². The lowest BCUT2D eigenvalue weighted by Gasteiger charge is -2.30. The third-order valence-corrected chi connectivity index (χ3v) is 4.13. The maximum absolute atomic E-state index is 4.71. The zero-order chi connectivity index (χ0) is 14.7. The molecule has 3 nitrogen and oxygen atoms in total. The van der Waals surface area contributed by atoms with E-state index in [9.17, 15) is 0 Å². The predicted molar refractivity (Wildman–Crippen MR) is 87.2 cm³/mol. The molecule has 0 aliphatic rings. The van der Waals surface area contributed by atoms with Crippen LogP contribution in [0.4, 0.5) is 5.82 Å². The average Bonchev–Trinajstić information content (AvgIpc) is 2.46. The summed E-state index contributed by atoms with van der Waals surface area (Å²) in [4.78, 5) is 7.00. The highest BCUT2D eigenvalue weighted by Crippen LogP contribution is 2.28. The normalized spacial score (nSPS) is 12.9. The van der Waals surface area contributed by atoms with Crippen molar-refractivity contribution in [3.63, 3.8) is 0 Å². The second-order valence-corrected chi connectivity index (χ2v) is 5.78. The van der Waals surface area contributed by atoms with Crippen molar-refractivity contribution < 1.29 is 0 Å². The van der Waals surface area contributed by atoms with Crippen molar-refractivity contribution >= 4 is 16.6 Å². The van der Waals surface area contributed by atoms with Crippen molar-refractivity contribution in [3.8, 4) is 0 Å². The van der Waals surface area contributed by atoms with Gasteiger partial charge in [0.05, 0.1) is 0 Å². The van der Waals surface area contributed by atoms with Gasteiger partial charge in [0.1, 0.15) is 5.82 Å². The number of hydrogen-bond acceptors (Lipinski definition) is 3. The molecule has 3 heteroatoms. The Balaban J connectivity index is 2.53. The first-order valence-electron chi connectivity index (χ1n) is 7.30. The van der Waals surface area contributed by atoms with Crippen LogP contribution < -0.4 is 10.2 Å². The number of aromatic nitrogens is 1. The molecular weight excluding hydrogens is 246 g/mol. The lowest BCUT2D eigenvalue weighted by atomic mass is 10.0. The van der Waals surface area contributed by atoms with Crippen molar-refractivity contribution in [2.45, 2.75) is 33.4 Å². The second kappa shape index (κ2) is 6.23. The van der Waals surface area contributed by atoms with Gasteiger partial charge >= 0.3 is 0 Å². The molecule has 2 rings (SSSR count). The van der Waals surface area contributed by atoms with Gasteiger partial charge in [-0.3, -0.25) is 0 Å².